The van der Waals surface area contributed by atoms with E-state index in [1.165, 1.54) is 17.7 Å². The van der Waals surface area contributed by atoms with Gasteiger partial charge in [0.1, 0.15) is 5.82 Å². The van der Waals surface area contributed by atoms with Gasteiger partial charge in [-0.15, -0.1) is 0 Å². The second-order valence-corrected chi connectivity index (χ2v) is 5.18. The van der Waals surface area contributed by atoms with Crippen molar-refractivity contribution in [1.29, 1.82) is 0 Å². The number of halogens is 1. The Morgan fingerprint density at radius 1 is 1.30 bits per heavy atom. The minimum absolute atomic E-state index is 0.190. The Kier molecular flexibility index (Phi) is 4.90. The first-order chi connectivity index (χ1) is 9.60. The molecular weight excluding hydrogens is 253 g/mol. The van der Waals surface area contributed by atoms with Gasteiger partial charge in [0, 0.05) is 24.8 Å². The number of benzene rings is 1. The monoisotopic (exact) mass is 275 g/mol. The zero-order valence-electron chi connectivity index (χ0n) is 12.4. The van der Waals surface area contributed by atoms with Crippen molar-refractivity contribution >= 4 is 0 Å². The smallest absolute Gasteiger partial charge is 0.123 e. The first kappa shape index (κ1) is 14.7. The molecule has 0 aliphatic rings. The van der Waals surface area contributed by atoms with E-state index in [2.05, 4.69) is 23.5 Å². The molecule has 0 spiro atoms. The molecule has 0 fully saturated rings. The normalized spacial score (nSPS) is 12.6. The molecule has 3 nitrogen and oxygen atoms in total. The molecule has 1 atom stereocenters. The summed E-state index contributed by atoms with van der Waals surface area (Å²) in [5, 5.41) is 7.97. The summed E-state index contributed by atoms with van der Waals surface area (Å²) >= 11 is 0. The molecule has 0 radical (unpaired) electrons. The van der Waals surface area contributed by atoms with Crippen molar-refractivity contribution in [3.8, 4) is 0 Å². The molecule has 1 aromatic carbocycles. The van der Waals surface area contributed by atoms with Gasteiger partial charge in [0.2, 0.25) is 0 Å². The van der Waals surface area contributed by atoms with Crippen LogP contribution >= 0.6 is 0 Å². The Hall–Kier alpha value is -1.68. The van der Waals surface area contributed by atoms with E-state index in [4.69, 9.17) is 0 Å². The van der Waals surface area contributed by atoms with Crippen LogP contribution in [-0.2, 0) is 13.5 Å². The average Bonchev–Trinajstić information content (AvgIpc) is 2.76. The largest absolute Gasteiger partial charge is 0.310 e. The van der Waals surface area contributed by atoms with Gasteiger partial charge >= 0.3 is 0 Å². The highest BCUT2D eigenvalue weighted by molar-refractivity contribution is 5.25. The lowest BCUT2D eigenvalue weighted by Crippen LogP contribution is -2.24. The second-order valence-electron chi connectivity index (χ2n) is 5.18. The number of aromatic nitrogens is 2. The third-order valence-corrected chi connectivity index (χ3v) is 3.42. The molecule has 1 heterocycles. The predicted octanol–water partition coefficient (Wildman–Crippen LogP) is 3.15. The Morgan fingerprint density at radius 3 is 2.55 bits per heavy atom. The van der Waals surface area contributed by atoms with Gasteiger partial charge in [-0.2, -0.15) is 5.10 Å². The summed E-state index contributed by atoms with van der Waals surface area (Å²) in [5.41, 5.74) is 3.39. The van der Waals surface area contributed by atoms with E-state index < -0.39 is 0 Å². The lowest BCUT2D eigenvalue weighted by Gasteiger charge is -2.18. The maximum Gasteiger partial charge on any atom is 0.123 e. The number of nitrogens with zero attached hydrogens (tertiary/aromatic N) is 2. The van der Waals surface area contributed by atoms with E-state index >= 15 is 0 Å². The van der Waals surface area contributed by atoms with Crippen molar-refractivity contribution in [1.82, 2.24) is 15.1 Å². The molecule has 0 bridgehead atoms. The standard InChI is InChI=1S/C16H22FN3/c1-4-9-18-16(15-11-20(3)19-12(15)2)10-13-5-7-14(17)8-6-13/h5-8,11,16,18H,4,9-10H2,1-3H3. The molecule has 20 heavy (non-hydrogen) atoms. The highest BCUT2D eigenvalue weighted by Gasteiger charge is 2.16. The van der Waals surface area contributed by atoms with Crippen molar-refractivity contribution in [2.24, 2.45) is 7.05 Å². The number of nitrogens with one attached hydrogen (secondary N) is 1. The van der Waals surface area contributed by atoms with Crippen LogP contribution in [0.2, 0.25) is 0 Å². The Labute approximate surface area is 119 Å². The number of hydrogen-bond donors (Lipinski definition) is 1. The van der Waals surface area contributed by atoms with Gasteiger partial charge in [0.15, 0.2) is 0 Å². The minimum Gasteiger partial charge on any atom is -0.310 e. The van der Waals surface area contributed by atoms with Crippen LogP contribution in [0, 0.1) is 12.7 Å². The SMILES string of the molecule is CCCNC(Cc1ccc(F)cc1)c1cn(C)nc1C. The molecule has 1 N–H and O–H groups in total. The third kappa shape index (κ3) is 3.67. The summed E-state index contributed by atoms with van der Waals surface area (Å²) in [6, 6.07) is 6.95. The highest BCUT2D eigenvalue weighted by Crippen LogP contribution is 2.21. The van der Waals surface area contributed by atoms with E-state index in [0.717, 1.165) is 30.6 Å². The Bertz CT molecular complexity index is 545. The van der Waals surface area contributed by atoms with Gasteiger partial charge in [0.25, 0.3) is 0 Å². The van der Waals surface area contributed by atoms with Crippen LogP contribution in [0.15, 0.2) is 30.5 Å². The predicted molar refractivity (Wildman–Crippen MR) is 79.1 cm³/mol. The summed E-state index contributed by atoms with van der Waals surface area (Å²) in [5.74, 6) is -0.190. The van der Waals surface area contributed by atoms with Crippen molar-refractivity contribution < 1.29 is 4.39 Å². The van der Waals surface area contributed by atoms with Gasteiger partial charge in [-0.1, -0.05) is 19.1 Å². The van der Waals surface area contributed by atoms with Crippen LogP contribution in [0.1, 0.15) is 36.2 Å². The van der Waals surface area contributed by atoms with Crippen LogP contribution in [0.4, 0.5) is 4.39 Å². The summed E-state index contributed by atoms with van der Waals surface area (Å²) in [6.07, 6.45) is 3.98. The quantitative estimate of drug-likeness (QED) is 0.877. The third-order valence-electron chi connectivity index (χ3n) is 3.42. The van der Waals surface area contributed by atoms with Crippen molar-refractivity contribution in [2.45, 2.75) is 32.7 Å². The summed E-state index contributed by atoms with van der Waals surface area (Å²) < 4.78 is 14.8. The van der Waals surface area contributed by atoms with Crippen LogP contribution in [0.5, 0.6) is 0 Å². The molecule has 2 aromatic rings. The van der Waals surface area contributed by atoms with Crippen molar-refractivity contribution in [3.63, 3.8) is 0 Å². The number of rotatable bonds is 6. The molecule has 0 amide bonds. The van der Waals surface area contributed by atoms with E-state index in [-0.39, 0.29) is 11.9 Å². The fourth-order valence-corrected chi connectivity index (χ4v) is 2.43. The number of aryl methyl sites for hydroxylation is 2. The fraction of sp³-hybridized carbons (Fsp3) is 0.438. The number of hydrogen-bond acceptors (Lipinski definition) is 2. The zero-order chi connectivity index (χ0) is 14.5. The Morgan fingerprint density at radius 2 is 2.00 bits per heavy atom. The van der Waals surface area contributed by atoms with Crippen molar-refractivity contribution in [3.05, 3.63) is 53.1 Å². The van der Waals surface area contributed by atoms with Gasteiger partial charge in [0.05, 0.1) is 5.69 Å². The molecule has 108 valence electrons. The molecule has 0 saturated carbocycles. The lowest BCUT2D eigenvalue weighted by molar-refractivity contribution is 0.526. The lowest BCUT2D eigenvalue weighted by atomic mass is 9.99. The summed E-state index contributed by atoms with van der Waals surface area (Å²) in [6.45, 7) is 5.14. The molecule has 0 aliphatic heterocycles. The highest BCUT2D eigenvalue weighted by atomic mass is 19.1. The van der Waals surface area contributed by atoms with Gasteiger partial charge in [-0.25, -0.2) is 4.39 Å². The van der Waals surface area contributed by atoms with E-state index in [1.807, 2.05) is 30.8 Å². The summed E-state index contributed by atoms with van der Waals surface area (Å²) in [7, 11) is 1.94. The zero-order valence-corrected chi connectivity index (χ0v) is 12.4. The molecular formula is C16H22FN3. The fourth-order valence-electron chi connectivity index (χ4n) is 2.43. The van der Waals surface area contributed by atoms with Gasteiger partial charge < -0.3 is 5.32 Å². The van der Waals surface area contributed by atoms with Crippen LogP contribution < -0.4 is 5.32 Å². The molecule has 1 unspecified atom stereocenters. The second kappa shape index (κ2) is 6.66. The van der Waals surface area contributed by atoms with Crippen molar-refractivity contribution in [2.75, 3.05) is 6.54 Å². The molecule has 1 aromatic heterocycles. The van der Waals surface area contributed by atoms with Gasteiger partial charge in [-0.05, 0) is 44.0 Å². The average molecular weight is 275 g/mol. The Balaban J connectivity index is 2.19. The van der Waals surface area contributed by atoms with E-state index in [9.17, 15) is 4.39 Å². The molecule has 2 rings (SSSR count). The first-order valence-corrected chi connectivity index (χ1v) is 7.08. The molecule has 4 heteroatoms. The molecule has 0 aliphatic carbocycles. The maximum atomic E-state index is 13.0. The maximum absolute atomic E-state index is 13.0. The van der Waals surface area contributed by atoms with Crippen LogP contribution in [-0.4, -0.2) is 16.3 Å². The summed E-state index contributed by atoms with van der Waals surface area (Å²) in [4.78, 5) is 0. The van der Waals surface area contributed by atoms with Crippen LogP contribution in [0.3, 0.4) is 0 Å². The topological polar surface area (TPSA) is 29.9 Å². The van der Waals surface area contributed by atoms with Gasteiger partial charge in [-0.3, -0.25) is 4.68 Å². The molecule has 0 saturated heterocycles. The van der Waals surface area contributed by atoms with Crippen LogP contribution in [0.25, 0.3) is 0 Å². The van der Waals surface area contributed by atoms with E-state index in [0.29, 0.717) is 0 Å². The van der Waals surface area contributed by atoms with E-state index in [1.54, 1.807) is 0 Å². The first-order valence-electron chi connectivity index (χ1n) is 7.08. The minimum atomic E-state index is -0.190.